The molecule has 0 spiro atoms. The lowest BCUT2D eigenvalue weighted by Gasteiger charge is -2.12. The molecule has 4 heteroatoms. The summed E-state index contributed by atoms with van der Waals surface area (Å²) in [6.45, 7) is 2.61. The SMILES string of the molecule is CC1OC1CCCN1C(=O)CCC1=O. The summed E-state index contributed by atoms with van der Waals surface area (Å²) in [4.78, 5) is 23.8. The van der Waals surface area contributed by atoms with Gasteiger partial charge in [-0.2, -0.15) is 0 Å². The van der Waals surface area contributed by atoms with Crippen molar-refractivity contribution in [3.05, 3.63) is 0 Å². The van der Waals surface area contributed by atoms with Crippen molar-refractivity contribution in [2.75, 3.05) is 6.54 Å². The molecule has 2 fully saturated rings. The average Bonchev–Trinajstić information content (AvgIpc) is 2.76. The van der Waals surface area contributed by atoms with Crippen molar-refractivity contribution in [2.45, 2.75) is 44.8 Å². The number of epoxide rings is 1. The fourth-order valence-corrected chi connectivity index (χ4v) is 1.86. The van der Waals surface area contributed by atoms with Crippen molar-refractivity contribution in [1.29, 1.82) is 0 Å². The standard InChI is InChI=1S/C10H15NO3/c1-7-8(14-7)3-2-6-11-9(12)4-5-10(11)13/h7-8H,2-6H2,1H3. The summed E-state index contributed by atoms with van der Waals surface area (Å²) in [7, 11) is 0. The Morgan fingerprint density at radius 2 is 1.93 bits per heavy atom. The summed E-state index contributed by atoms with van der Waals surface area (Å²) in [5.74, 6) is -0.0282. The van der Waals surface area contributed by atoms with E-state index in [1.807, 2.05) is 6.92 Å². The molecular weight excluding hydrogens is 182 g/mol. The first-order chi connectivity index (χ1) is 6.68. The minimum absolute atomic E-state index is 0.0141. The third-order valence-corrected chi connectivity index (χ3v) is 2.86. The zero-order chi connectivity index (χ0) is 10.1. The summed E-state index contributed by atoms with van der Waals surface area (Å²) in [5.41, 5.74) is 0. The molecule has 0 N–H and O–H groups in total. The number of hydrogen-bond acceptors (Lipinski definition) is 3. The van der Waals surface area contributed by atoms with E-state index in [2.05, 4.69) is 0 Å². The Hall–Kier alpha value is -0.900. The van der Waals surface area contributed by atoms with E-state index in [-0.39, 0.29) is 11.8 Å². The lowest BCUT2D eigenvalue weighted by atomic mass is 10.2. The van der Waals surface area contributed by atoms with Crippen LogP contribution >= 0.6 is 0 Å². The number of likely N-dealkylation sites (tertiary alicyclic amines) is 1. The molecule has 0 aromatic rings. The van der Waals surface area contributed by atoms with Gasteiger partial charge in [0.15, 0.2) is 0 Å². The van der Waals surface area contributed by atoms with Gasteiger partial charge in [-0.1, -0.05) is 0 Å². The number of rotatable bonds is 4. The molecule has 0 aromatic carbocycles. The normalized spacial score (nSPS) is 31.4. The largest absolute Gasteiger partial charge is 0.370 e. The van der Waals surface area contributed by atoms with Gasteiger partial charge < -0.3 is 4.74 Å². The zero-order valence-electron chi connectivity index (χ0n) is 8.36. The Labute approximate surface area is 83.2 Å². The third-order valence-electron chi connectivity index (χ3n) is 2.86. The number of ether oxygens (including phenoxy) is 1. The first-order valence-corrected chi connectivity index (χ1v) is 5.17. The van der Waals surface area contributed by atoms with Crippen LogP contribution in [-0.2, 0) is 14.3 Å². The Balaban J connectivity index is 1.69. The second-order valence-electron chi connectivity index (χ2n) is 3.96. The lowest BCUT2D eigenvalue weighted by Crippen LogP contribution is -2.30. The molecule has 0 aliphatic carbocycles. The van der Waals surface area contributed by atoms with Crippen LogP contribution in [0, 0.1) is 0 Å². The van der Waals surface area contributed by atoms with E-state index in [0.717, 1.165) is 12.8 Å². The maximum atomic E-state index is 11.2. The van der Waals surface area contributed by atoms with E-state index in [0.29, 0.717) is 31.6 Å². The van der Waals surface area contributed by atoms with Crippen molar-refractivity contribution in [1.82, 2.24) is 4.90 Å². The van der Waals surface area contributed by atoms with Crippen molar-refractivity contribution < 1.29 is 14.3 Å². The average molecular weight is 197 g/mol. The first kappa shape index (κ1) is 9.65. The Bertz CT molecular complexity index is 248. The molecule has 0 aromatic heterocycles. The highest BCUT2D eigenvalue weighted by Crippen LogP contribution is 2.26. The van der Waals surface area contributed by atoms with Gasteiger partial charge in [0.1, 0.15) is 0 Å². The maximum Gasteiger partial charge on any atom is 0.229 e. The maximum absolute atomic E-state index is 11.2. The van der Waals surface area contributed by atoms with E-state index in [1.54, 1.807) is 0 Å². The van der Waals surface area contributed by atoms with Gasteiger partial charge in [0.05, 0.1) is 12.2 Å². The highest BCUT2D eigenvalue weighted by atomic mass is 16.6. The van der Waals surface area contributed by atoms with Crippen LogP contribution in [-0.4, -0.2) is 35.5 Å². The predicted molar refractivity (Wildman–Crippen MR) is 49.5 cm³/mol. The molecule has 78 valence electrons. The van der Waals surface area contributed by atoms with E-state index in [4.69, 9.17) is 4.74 Å². The molecule has 4 nitrogen and oxygen atoms in total. The number of carbonyl (C=O) groups excluding carboxylic acids is 2. The van der Waals surface area contributed by atoms with Crippen LogP contribution in [0.25, 0.3) is 0 Å². The molecule has 2 saturated heterocycles. The van der Waals surface area contributed by atoms with Gasteiger partial charge >= 0.3 is 0 Å². The quantitative estimate of drug-likeness (QED) is 0.492. The topological polar surface area (TPSA) is 49.9 Å². The number of hydrogen-bond donors (Lipinski definition) is 0. The highest BCUT2D eigenvalue weighted by Gasteiger charge is 2.34. The predicted octanol–water partition coefficient (Wildman–Crippen LogP) is 0.703. The summed E-state index contributed by atoms with van der Waals surface area (Å²) in [5, 5.41) is 0. The van der Waals surface area contributed by atoms with E-state index < -0.39 is 0 Å². The van der Waals surface area contributed by atoms with E-state index in [1.165, 1.54) is 4.90 Å². The molecule has 0 radical (unpaired) electrons. The second-order valence-corrected chi connectivity index (χ2v) is 3.96. The molecular formula is C10H15NO3. The summed E-state index contributed by atoms with van der Waals surface area (Å²) < 4.78 is 5.25. The Morgan fingerprint density at radius 3 is 2.43 bits per heavy atom. The smallest absolute Gasteiger partial charge is 0.229 e. The number of nitrogens with zero attached hydrogens (tertiary/aromatic N) is 1. The van der Waals surface area contributed by atoms with Gasteiger partial charge in [-0.25, -0.2) is 0 Å². The van der Waals surface area contributed by atoms with Gasteiger partial charge in [0, 0.05) is 19.4 Å². The monoisotopic (exact) mass is 197 g/mol. The molecule has 2 aliphatic rings. The van der Waals surface area contributed by atoms with Gasteiger partial charge in [-0.3, -0.25) is 14.5 Å². The first-order valence-electron chi connectivity index (χ1n) is 5.17. The van der Waals surface area contributed by atoms with Crippen LogP contribution in [0.4, 0.5) is 0 Å². The minimum atomic E-state index is -0.0141. The van der Waals surface area contributed by atoms with Crippen LogP contribution in [0.1, 0.15) is 32.6 Å². The van der Waals surface area contributed by atoms with Crippen LogP contribution in [0.3, 0.4) is 0 Å². The number of amides is 2. The molecule has 2 rings (SSSR count). The Morgan fingerprint density at radius 1 is 1.36 bits per heavy atom. The van der Waals surface area contributed by atoms with E-state index in [9.17, 15) is 9.59 Å². The molecule has 14 heavy (non-hydrogen) atoms. The van der Waals surface area contributed by atoms with Crippen LogP contribution in [0.15, 0.2) is 0 Å². The van der Waals surface area contributed by atoms with Crippen LogP contribution in [0.2, 0.25) is 0 Å². The summed E-state index contributed by atoms with van der Waals surface area (Å²) in [6, 6.07) is 0. The molecule has 2 atom stereocenters. The van der Waals surface area contributed by atoms with Gasteiger partial charge in [0.25, 0.3) is 0 Å². The fourth-order valence-electron chi connectivity index (χ4n) is 1.86. The summed E-state index contributed by atoms with van der Waals surface area (Å²) in [6.07, 6.45) is 3.36. The van der Waals surface area contributed by atoms with Crippen LogP contribution in [0.5, 0.6) is 0 Å². The van der Waals surface area contributed by atoms with Gasteiger partial charge in [-0.15, -0.1) is 0 Å². The summed E-state index contributed by atoms with van der Waals surface area (Å²) >= 11 is 0. The molecule has 2 aliphatic heterocycles. The van der Waals surface area contributed by atoms with Crippen molar-refractivity contribution in [3.8, 4) is 0 Å². The third kappa shape index (κ3) is 1.95. The van der Waals surface area contributed by atoms with Crippen molar-refractivity contribution in [3.63, 3.8) is 0 Å². The number of carbonyl (C=O) groups is 2. The molecule has 2 heterocycles. The molecule has 2 amide bonds. The highest BCUT2D eigenvalue weighted by molar-refractivity contribution is 6.01. The van der Waals surface area contributed by atoms with Gasteiger partial charge in [0.2, 0.25) is 11.8 Å². The van der Waals surface area contributed by atoms with E-state index >= 15 is 0 Å². The molecule has 0 bridgehead atoms. The van der Waals surface area contributed by atoms with Crippen molar-refractivity contribution >= 4 is 11.8 Å². The Kier molecular flexibility index (Phi) is 2.54. The van der Waals surface area contributed by atoms with Gasteiger partial charge in [-0.05, 0) is 19.8 Å². The molecule has 2 unspecified atom stereocenters. The second kappa shape index (κ2) is 3.69. The zero-order valence-corrected chi connectivity index (χ0v) is 8.36. The van der Waals surface area contributed by atoms with Crippen molar-refractivity contribution in [2.24, 2.45) is 0 Å². The lowest BCUT2D eigenvalue weighted by molar-refractivity contribution is -0.138. The minimum Gasteiger partial charge on any atom is -0.370 e. The number of imide groups is 1. The fraction of sp³-hybridized carbons (Fsp3) is 0.800. The van der Waals surface area contributed by atoms with Crippen LogP contribution < -0.4 is 0 Å². The molecule has 0 saturated carbocycles.